The maximum atomic E-state index is 12.9. The maximum absolute atomic E-state index is 12.9. The number of rotatable bonds is 69. The third-order valence-corrected chi connectivity index (χ3v) is 17.0. The number of phosphoric acid groups is 1. The zero-order chi connectivity index (χ0) is 68.3. The number of hydrogen-bond donors (Lipinski definition) is 1. The summed E-state index contributed by atoms with van der Waals surface area (Å²) in [4.78, 5) is 36.0. The molecule has 0 rings (SSSR count). The summed E-state index contributed by atoms with van der Waals surface area (Å²) in [5, 5.41) is 0. The van der Waals surface area contributed by atoms with E-state index in [1.165, 1.54) is 148 Å². The van der Waals surface area contributed by atoms with Crippen molar-refractivity contribution >= 4 is 19.8 Å². The Balaban J connectivity index is 4.04. The first kappa shape index (κ1) is 89.6. The smallest absolute Gasteiger partial charge is 0.462 e. The predicted octanol–water partition coefficient (Wildman–Crippen LogP) is 25.5. The number of likely N-dealkylation sites (N-methyl/N-ethyl adjacent to an activating group) is 1. The first-order valence-corrected chi connectivity index (χ1v) is 39.7. The monoisotopic (exact) mass is 1330 g/mol. The van der Waals surface area contributed by atoms with Crippen molar-refractivity contribution in [3.8, 4) is 0 Å². The molecular weight excluding hydrogens is 1180 g/mol. The van der Waals surface area contributed by atoms with Crippen LogP contribution in [0.25, 0.3) is 0 Å². The van der Waals surface area contributed by atoms with Gasteiger partial charge >= 0.3 is 19.8 Å². The third kappa shape index (κ3) is 76.6. The van der Waals surface area contributed by atoms with Gasteiger partial charge in [0.2, 0.25) is 0 Å². The van der Waals surface area contributed by atoms with Gasteiger partial charge in [-0.05, 0) is 122 Å². The fraction of sp³-hybridized carbons (Fsp3) is 0.667. The van der Waals surface area contributed by atoms with Crippen LogP contribution in [0, 0.1) is 0 Å². The van der Waals surface area contributed by atoms with Gasteiger partial charge in [0.1, 0.15) is 19.8 Å². The van der Waals surface area contributed by atoms with Crippen molar-refractivity contribution in [3.63, 3.8) is 0 Å². The zero-order valence-corrected chi connectivity index (χ0v) is 62.0. The molecule has 2 atom stereocenters. The SMILES string of the molecule is CC/C=C\C/C=C\C/C=C\C/C=C\C/C=C\C/C=C\C/C=C\C/C=C\CCCCCCCCCCCCC(=O)OC(COC(=O)CCCCCCCCCCCCCCCCCCCCC/C=C\C/C=C\C/C=C\C/C=C\C/C=C\CC)COP(=O)(O)OCC[N+](C)(C)C. The molecule has 0 aliphatic rings. The quantitative estimate of drug-likeness (QED) is 0.0211. The van der Waals surface area contributed by atoms with Gasteiger partial charge < -0.3 is 18.9 Å². The lowest BCUT2D eigenvalue weighted by Gasteiger charge is -2.24. The average Bonchev–Trinajstić information content (AvgIpc) is 1.68. The van der Waals surface area contributed by atoms with Crippen LogP contribution in [0.2, 0.25) is 0 Å². The molecule has 0 heterocycles. The van der Waals surface area contributed by atoms with Crippen LogP contribution in [0.5, 0.6) is 0 Å². The molecule has 0 amide bonds. The number of allylic oxidation sites excluding steroid dienone is 26. The first-order chi connectivity index (χ1) is 46.0. The average molecular weight is 1330 g/mol. The van der Waals surface area contributed by atoms with Crippen LogP contribution >= 0.6 is 7.82 Å². The maximum Gasteiger partial charge on any atom is 0.472 e. The number of phosphoric ester groups is 1. The summed E-state index contributed by atoms with van der Waals surface area (Å²) in [5.74, 6) is -0.800. The topological polar surface area (TPSA) is 108 Å². The highest BCUT2D eigenvalue weighted by Crippen LogP contribution is 2.43. The lowest BCUT2D eigenvalue weighted by atomic mass is 10.0. The standard InChI is InChI=1S/C84H142NO8P/c1-6-8-10-12-14-16-18-20-22-24-26-28-30-32-34-36-38-40-42-44-46-48-50-52-54-56-58-60-62-64-66-68-70-72-74-76-83(86)90-80-82(81-92-94(88,89)91-79-78-85(3,4)5)93-84(87)77-75-73-71-69-67-65-63-61-59-57-55-53-51-49-47-45-43-41-39-37-35-33-31-29-27-25-23-21-19-17-15-13-11-9-7-2/h8-11,14-17,20-23,26-29,32-35,39,41,45,47,51,53,82H,6-7,12-13,18-19,24-25,30-31,36-38,40,42-44,46,48-50,52,54-81H2,1-5H3/p+1/b10-8-,11-9-,16-14-,17-15-,22-20-,23-21-,28-26-,29-27-,34-32-,35-33-,41-39-,47-45-,53-51-. The Hall–Kier alpha value is -4.37. The fourth-order valence-electron chi connectivity index (χ4n) is 10.3. The Bertz CT molecular complexity index is 2150. The molecule has 10 heteroatoms. The second kappa shape index (κ2) is 72.9. The van der Waals surface area contributed by atoms with Gasteiger partial charge in [-0.15, -0.1) is 0 Å². The van der Waals surface area contributed by atoms with Crippen molar-refractivity contribution in [1.82, 2.24) is 0 Å². The second-order valence-electron chi connectivity index (χ2n) is 26.3. The Kier molecular flexibility index (Phi) is 69.5. The van der Waals surface area contributed by atoms with E-state index < -0.39 is 26.5 Å². The van der Waals surface area contributed by atoms with Gasteiger partial charge in [-0.25, -0.2) is 4.57 Å². The third-order valence-electron chi connectivity index (χ3n) is 16.1. The lowest BCUT2D eigenvalue weighted by molar-refractivity contribution is -0.870. The number of quaternary nitrogens is 1. The Morgan fingerprint density at radius 2 is 0.574 bits per heavy atom. The predicted molar refractivity (Wildman–Crippen MR) is 408 cm³/mol. The van der Waals surface area contributed by atoms with E-state index in [2.05, 4.69) is 172 Å². The van der Waals surface area contributed by atoms with Gasteiger partial charge in [-0.1, -0.05) is 332 Å². The number of carbonyl (C=O) groups excluding carboxylic acids is 2. The highest BCUT2D eigenvalue weighted by atomic mass is 31.2. The molecule has 536 valence electrons. The summed E-state index contributed by atoms with van der Waals surface area (Å²) in [5.41, 5.74) is 0. The Morgan fingerprint density at radius 1 is 0.330 bits per heavy atom. The van der Waals surface area contributed by atoms with Crippen molar-refractivity contribution in [3.05, 3.63) is 158 Å². The van der Waals surface area contributed by atoms with Crippen molar-refractivity contribution in [2.24, 2.45) is 0 Å². The Labute approximate surface area is 579 Å². The molecule has 0 saturated heterocycles. The molecule has 1 N–H and O–H groups in total. The number of hydrogen-bond acceptors (Lipinski definition) is 7. The number of nitrogens with zero attached hydrogens (tertiary/aromatic N) is 1. The molecule has 94 heavy (non-hydrogen) atoms. The minimum atomic E-state index is -4.40. The van der Waals surface area contributed by atoms with Crippen LogP contribution in [-0.4, -0.2) is 74.9 Å². The van der Waals surface area contributed by atoms with Crippen LogP contribution in [0.15, 0.2) is 158 Å². The number of unbranched alkanes of at least 4 members (excludes halogenated alkanes) is 29. The van der Waals surface area contributed by atoms with Crippen LogP contribution in [0.4, 0.5) is 0 Å². The molecule has 0 aromatic heterocycles. The summed E-state index contributed by atoms with van der Waals surface area (Å²) < 4.78 is 34.8. The van der Waals surface area contributed by atoms with E-state index in [4.69, 9.17) is 18.5 Å². The van der Waals surface area contributed by atoms with Gasteiger partial charge in [-0.2, -0.15) is 0 Å². The van der Waals surface area contributed by atoms with E-state index in [0.717, 1.165) is 128 Å². The highest BCUT2D eigenvalue weighted by Gasteiger charge is 2.27. The number of esters is 2. The summed E-state index contributed by atoms with van der Waals surface area (Å²) in [7, 11) is 1.47. The van der Waals surface area contributed by atoms with Gasteiger partial charge in [0.25, 0.3) is 0 Å². The molecule has 0 radical (unpaired) electrons. The molecule has 0 aliphatic carbocycles. The number of carbonyl (C=O) groups is 2. The van der Waals surface area contributed by atoms with E-state index >= 15 is 0 Å². The fourth-order valence-corrected chi connectivity index (χ4v) is 11.0. The summed E-state index contributed by atoms with van der Waals surface area (Å²) in [6.07, 6.45) is 109. The summed E-state index contributed by atoms with van der Waals surface area (Å²) in [6.45, 7) is 4.22. The summed E-state index contributed by atoms with van der Waals surface area (Å²) >= 11 is 0. The zero-order valence-electron chi connectivity index (χ0n) is 61.1. The van der Waals surface area contributed by atoms with Crippen molar-refractivity contribution < 1.29 is 42.1 Å². The van der Waals surface area contributed by atoms with E-state index in [0.29, 0.717) is 17.4 Å². The molecule has 0 aliphatic heterocycles. The molecule has 0 saturated carbocycles. The van der Waals surface area contributed by atoms with E-state index in [-0.39, 0.29) is 32.0 Å². The molecule has 0 spiro atoms. The van der Waals surface area contributed by atoms with Crippen molar-refractivity contribution in [1.29, 1.82) is 0 Å². The Morgan fingerprint density at radius 3 is 0.851 bits per heavy atom. The van der Waals surface area contributed by atoms with Gasteiger partial charge in [-0.3, -0.25) is 18.6 Å². The van der Waals surface area contributed by atoms with Gasteiger partial charge in [0.15, 0.2) is 6.10 Å². The van der Waals surface area contributed by atoms with Crippen LogP contribution in [0.3, 0.4) is 0 Å². The molecule has 0 fully saturated rings. The molecular formula is C84H143NO8P+. The van der Waals surface area contributed by atoms with Crippen LogP contribution < -0.4 is 0 Å². The largest absolute Gasteiger partial charge is 0.472 e. The van der Waals surface area contributed by atoms with Crippen molar-refractivity contribution in [2.45, 2.75) is 315 Å². The molecule has 0 aromatic rings. The van der Waals surface area contributed by atoms with Gasteiger partial charge in [0.05, 0.1) is 27.7 Å². The minimum Gasteiger partial charge on any atom is -0.462 e. The van der Waals surface area contributed by atoms with Crippen molar-refractivity contribution in [2.75, 3.05) is 47.5 Å². The van der Waals surface area contributed by atoms with E-state index in [9.17, 15) is 19.0 Å². The van der Waals surface area contributed by atoms with E-state index in [1.807, 2.05) is 21.1 Å². The molecule has 0 bridgehead atoms. The van der Waals surface area contributed by atoms with Crippen LogP contribution in [0.1, 0.15) is 309 Å². The van der Waals surface area contributed by atoms with E-state index in [1.54, 1.807) is 0 Å². The van der Waals surface area contributed by atoms with Gasteiger partial charge in [0, 0.05) is 12.8 Å². The number of ether oxygens (including phenoxy) is 2. The molecule has 9 nitrogen and oxygen atoms in total. The normalized spacial score (nSPS) is 14.0. The minimum absolute atomic E-state index is 0.0252. The molecule has 2 unspecified atom stereocenters. The highest BCUT2D eigenvalue weighted by molar-refractivity contribution is 7.47. The van der Waals surface area contributed by atoms with Crippen LogP contribution in [-0.2, 0) is 32.7 Å². The second-order valence-corrected chi connectivity index (χ2v) is 27.7. The first-order valence-electron chi connectivity index (χ1n) is 38.2. The molecule has 0 aromatic carbocycles. The lowest BCUT2D eigenvalue weighted by Crippen LogP contribution is -2.37. The summed E-state index contributed by atoms with van der Waals surface area (Å²) in [6, 6.07) is 0.